The quantitative estimate of drug-likeness (QED) is 0.380. The van der Waals surface area contributed by atoms with Crippen LogP contribution in [0.3, 0.4) is 0 Å². The molecule has 6 nitrogen and oxygen atoms in total. The molecule has 3 aromatic carbocycles. The molecular formula is C22H18ClFN2O4. The van der Waals surface area contributed by atoms with Crippen molar-refractivity contribution in [2.24, 2.45) is 5.10 Å². The first-order valence-electron chi connectivity index (χ1n) is 8.84. The number of benzene rings is 3. The second-order valence-corrected chi connectivity index (χ2v) is 6.56. The van der Waals surface area contributed by atoms with Crippen LogP contribution in [-0.4, -0.2) is 24.4 Å². The van der Waals surface area contributed by atoms with Crippen LogP contribution in [0.4, 0.5) is 10.1 Å². The van der Waals surface area contributed by atoms with Crippen molar-refractivity contribution in [2.75, 3.05) is 12.5 Å². The molecule has 0 unspecified atom stereocenters. The number of anilines is 1. The lowest BCUT2D eigenvalue weighted by Gasteiger charge is -2.12. The average Bonchev–Trinajstić information content (AvgIpc) is 2.74. The molecule has 0 aliphatic rings. The topological polar surface area (TPSA) is 80.2 Å². The van der Waals surface area contributed by atoms with E-state index in [1.807, 2.05) is 0 Å². The number of nitrogens with one attached hydrogen (secondary N) is 1. The first-order chi connectivity index (χ1) is 14.5. The number of rotatable bonds is 8. The van der Waals surface area contributed by atoms with E-state index in [0.717, 1.165) is 5.56 Å². The predicted molar refractivity (Wildman–Crippen MR) is 113 cm³/mol. The van der Waals surface area contributed by atoms with Gasteiger partial charge in [0.25, 0.3) is 0 Å². The lowest BCUT2D eigenvalue weighted by molar-refractivity contribution is 0.0697. The van der Waals surface area contributed by atoms with E-state index in [4.69, 9.17) is 26.2 Å². The van der Waals surface area contributed by atoms with Crippen LogP contribution in [0.2, 0.25) is 5.02 Å². The minimum Gasteiger partial charge on any atom is -0.493 e. The van der Waals surface area contributed by atoms with Crippen LogP contribution in [-0.2, 0) is 6.61 Å². The number of nitrogens with zero attached hydrogens (tertiary/aromatic N) is 1. The Balaban J connectivity index is 1.66. The lowest BCUT2D eigenvalue weighted by atomic mass is 10.2. The van der Waals surface area contributed by atoms with Crippen LogP contribution in [0.25, 0.3) is 0 Å². The maximum absolute atomic E-state index is 13.9. The van der Waals surface area contributed by atoms with Gasteiger partial charge in [-0.05, 0) is 60.2 Å². The van der Waals surface area contributed by atoms with Gasteiger partial charge in [0.15, 0.2) is 11.5 Å². The molecular weight excluding hydrogens is 411 g/mol. The van der Waals surface area contributed by atoms with Gasteiger partial charge in [-0.25, -0.2) is 9.18 Å². The van der Waals surface area contributed by atoms with Crippen molar-refractivity contribution in [3.8, 4) is 11.5 Å². The number of carbonyl (C=O) groups is 1. The number of hydrogen-bond acceptors (Lipinski definition) is 5. The van der Waals surface area contributed by atoms with E-state index in [0.29, 0.717) is 22.2 Å². The van der Waals surface area contributed by atoms with Gasteiger partial charge in [-0.15, -0.1) is 0 Å². The lowest BCUT2D eigenvalue weighted by Crippen LogP contribution is -2.01. The first-order valence-corrected chi connectivity index (χ1v) is 9.22. The Labute approximate surface area is 177 Å². The summed E-state index contributed by atoms with van der Waals surface area (Å²) in [5.74, 6) is -0.534. The van der Waals surface area contributed by atoms with Crippen LogP contribution in [0.5, 0.6) is 11.5 Å². The maximum Gasteiger partial charge on any atom is 0.335 e. The number of halogens is 2. The van der Waals surface area contributed by atoms with Crippen LogP contribution < -0.4 is 14.9 Å². The van der Waals surface area contributed by atoms with Gasteiger partial charge in [0, 0.05) is 5.56 Å². The minimum absolute atomic E-state index is 0.0385. The van der Waals surface area contributed by atoms with Crippen molar-refractivity contribution >= 4 is 29.5 Å². The molecule has 0 aromatic heterocycles. The summed E-state index contributed by atoms with van der Waals surface area (Å²) in [5, 5.41) is 13.3. The zero-order chi connectivity index (χ0) is 21.5. The number of carboxylic acids is 1. The standard InChI is InChI=1S/C22H18ClFN2O4/c1-29-21-11-14(12-25-26-16-8-6-15(7-9-16)22(27)28)5-10-20(21)30-13-17-18(23)3-2-4-19(17)24/h2-12,26H,13H2,1H3,(H,27,28)/b25-12+. The summed E-state index contributed by atoms with van der Waals surface area (Å²) < 4.78 is 24.9. The fraction of sp³-hybridized carbons (Fsp3) is 0.0909. The Morgan fingerprint density at radius 3 is 2.60 bits per heavy atom. The maximum atomic E-state index is 13.9. The zero-order valence-corrected chi connectivity index (χ0v) is 16.7. The molecule has 0 saturated carbocycles. The summed E-state index contributed by atoms with van der Waals surface area (Å²) in [6, 6.07) is 15.8. The SMILES string of the molecule is COc1cc(/C=N/Nc2ccc(C(=O)O)cc2)ccc1OCc1c(F)cccc1Cl. The molecule has 0 heterocycles. The molecule has 8 heteroatoms. The first kappa shape index (κ1) is 21.1. The minimum atomic E-state index is -0.989. The summed E-state index contributed by atoms with van der Waals surface area (Å²) >= 11 is 6.02. The fourth-order valence-electron chi connectivity index (χ4n) is 2.57. The van der Waals surface area contributed by atoms with Crippen LogP contribution in [0, 0.1) is 5.82 Å². The Kier molecular flexibility index (Phi) is 6.87. The van der Waals surface area contributed by atoms with E-state index in [1.54, 1.807) is 42.6 Å². The number of aromatic carboxylic acids is 1. The molecule has 0 amide bonds. The molecule has 3 aromatic rings. The number of ether oxygens (including phenoxy) is 2. The van der Waals surface area contributed by atoms with Gasteiger partial charge in [0.1, 0.15) is 12.4 Å². The number of hydrogen-bond donors (Lipinski definition) is 2. The second kappa shape index (κ2) is 9.76. The molecule has 30 heavy (non-hydrogen) atoms. The van der Waals surface area contributed by atoms with Crippen molar-refractivity contribution in [1.29, 1.82) is 0 Å². The van der Waals surface area contributed by atoms with Crippen molar-refractivity contribution < 1.29 is 23.8 Å². The highest BCUT2D eigenvalue weighted by molar-refractivity contribution is 6.31. The second-order valence-electron chi connectivity index (χ2n) is 6.15. The molecule has 154 valence electrons. The van der Waals surface area contributed by atoms with Gasteiger partial charge in [-0.3, -0.25) is 5.43 Å². The zero-order valence-electron chi connectivity index (χ0n) is 15.9. The number of methoxy groups -OCH3 is 1. The summed E-state index contributed by atoms with van der Waals surface area (Å²) in [4.78, 5) is 10.9. The molecule has 2 N–H and O–H groups in total. The van der Waals surface area contributed by atoms with Gasteiger partial charge in [0.2, 0.25) is 0 Å². The van der Waals surface area contributed by atoms with E-state index in [2.05, 4.69) is 10.5 Å². The largest absolute Gasteiger partial charge is 0.493 e. The number of hydrazone groups is 1. The predicted octanol–water partition coefficient (Wildman–Crippen LogP) is 5.21. The van der Waals surface area contributed by atoms with E-state index >= 15 is 0 Å². The van der Waals surface area contributed by atoms with Gasteiger partial charge in [-0.2, -0.15) is 5.10 Å². The molecule has 0 aliphatic heterocycles. The van der Waals surface area contributed by atoms with Crippen molar-refractivity contribution in [2.45, 2.75) is 6.61 Å². The third-order valence-corrected chi connectivity index (χ3v) is 4.51. The van der Waals surface area contributed by atoms with Gasteiger partial charge < -0.3 is 14.6 Å². The van der Waals surface area contributed by atoms with Crippen molar-refractivity contribution in [3.05, 3.63) is 88.2 Å². The fourth-order valence-corrected chi connectivity index (χ4v) is 2.79. The molecule has 0 fully saturated rings. The van der Waals surface area contributed by atoms with Gasteiger partial charge >= 0.3 is 5.97 Å². The average molecular weight is 429 g/mol. The van der Waals surface area contributed by atoms with Gasteiger partial charge in [0.05, 0.1) is 29.6 Å². The molecule has 0 aliphatic carbocycles. The molecule has 0 atom stereocenters. The Hall–Kier alpha value is -3.58. The normalized spacial score (nSPS) is 10.8. The summed E-state index contributed by atoms with van der Waals surface area (Å²) in [5.41, 5.74) is 4.66. The monoisotopic (exact) mass is 428 g/mol. The van der Waals surface area contributed by atoms with E-state index in [-0.39, 0.29) is 17.7 Å². The van der Waals surface area contributed by atoms with Crippen LogP contribution in [0.1, 0.15) is 21.5 Å². The molecule has 0 radical (unpaired) electrons. The smallest absolute Gasteiger partial charge is 0.335 e. The number of carboxylic acid groups (broad SMARTS) is 1. The highest BCUT2D eigenvalue weighted by atomic mass is 35.5. The Morgan fingerprint density at radius 2 is 1.93 bits per heavy atom. The highest BCUT2D eigenvalue weighted by Gasteiger charge is 2.10. The third kappa shape index (κ3) is 5.27. The van der Waals surface area contributed by atoms with Crippen LogP contribution in [0.15, 0.2) is 65.8 Å². The van der Waals surface area contributed by atoms with E-state index < -0.39 is 11.8 Å². The van der Waals surface area contributed by atoms with Gasteiger partial charge in [-0.1, -0.05) is 17.7 Å². The molecule has 0 saturated heterocycles. The summed E-state index contributed by atoms with van der Waals surface area (Å²) in [6.07, 6.45) is 1.57. The van der Waals surface area contributed by atoms with E-state index in [1.165, 1.54) is 31.4 Å². The Bertz CT molecular complexity index is 1050. The van der Waals surface area contributed by atoms with Crippen LogP contribution >= 0.6 is 11.6 Å². The molecule has 0 spiro atoms. The summed E-state index contributed by atoms with van der Waals surface area (Å²) in [6.45, 7) is -0.0385. The molecule has 0 bridgehead atoms. The van der Waals surface area contributed by atoms with Crippen molar-refractivity contribution in [1.82, 2.24) is 0 Å². The van der Waals surface area contributed by atoms with Crippen molar-refractivity contribution in [3.63, 3.8) is 0 Å². The highest BCUT2D eigenvalue weighted by Crippen LogP contribution is 2.29. The van der Waals surface area contributed by atoms with E-state index in [9.17, 15) is 9.18 Å². The molecule has 3 rings (SSSR count). The Morgan fingerprint density at radius 1 is 1.17 bits per heavy atom. The summed E-state index contributed by atoms with van der Waals surface area (Å²) in [7, 11) is 1.50. The third-order valence-electron chi connectivity index (χ3n) is 4.16.